The van der Waals surface area contributed by atoms with Crippen molar-refractivity contribution >= 4 is 33.6 Å². The molecule has 0 spiro atoms. The summed E-state index contributed by atoms with van der Waals surface area (Å²) in [5.74, 6) is -0.227. The number of halogens is 1. The molecular weight excluding hydrogens is 400 g/mol. The lowest BCUT2D eigenvalue weighted by molar-refractivity contribution is 0.0945. The molecule has 128 valence electrons. The summed E-state index contributed by atoms with van der Waals surface area (Å²) in [5.41, 5.74) is 2.95. The van der Waals surface area contributed by atoms with Gasteiger partial charge in [-0.25, -0.2) is 4.68 Å². The van der Waals surface area contributed by atoms with Gasteiger partial charge in [0.15, 0.2) is 5.69 Å². The van der Waals surface area contributed by atoms with E-state index in [4.69, 9.17) is 0 Å². The molecule has 3 rings (SSSR count). The molecular formula is C18H17BrN4OS. The van der Waals surface area contributed by atoms with Gasteiger partial charge < -0.3 is 5.32 Å². The topological polar surface area (TPSA) is 59.8 Å². The molecule has 1 heterocycles. The molecule has 0 saturated carbocycles. The Kier molecular flexibility index (Phi) is 5.55. The van der Waals surface area contributed by atoms with Gasteiger partial charge in [-0.1, -0.05) is 33.3 Å². The third kappa shape index (κ3) is 4.11. The van der Waals surface area contributed by atoms with Crippen LogP contribution in [0.3, 0.4) is 0 Å². The van der Waals surface area contributed by atoms with Gasteiger partial charge in [0.25, 0.3) is 5.91 Å². The molecule has 1 amide bonds. The average molecular weight is 417 g/mol. The minimum atomic E-state index is -0.227. The average Bonchev–Trinajstić information content (AvgIpc) is 3.02. The SMILES string of the molecule is CSc1ccc(CNC(=O)c2nnn(-c3ccc(Br)cc3)c2C)cc1. The van der Waals surface area contributed by atoms with Gasteiger partial charge in [0.1, 0.15) is 0 Å². The summed E-state index contributed by atoms with van der Waals surface area (Å²) >= 11 is 5.10. The first-order valence-electron chi connectivity index (χ1n) is 7.68. The van der Waals surface area contributed by atoms with Crippen LogP contribution in [0, 0.1) is 6.92 Å². The Morgan fingerprint density at radius 1 is 1.16 bits per heavy atom. The number of hydrogen-bond acceptors (Lipinski definition) is 4. The number of carbonyl (C=O) groups excluding carboxylic acids is 1. The van der Waals surface area contributed by atoms with Gasteiger partial charge >= 0.3 is 0 Å². The maximum atomic E-state index is 12.4. The van der Waals surface area contributed by atoms with Gasteiger partial charge in [-0.15, -0.1) is 16.9 Å². The van der Waals surface area contributed by atoms with Crippen molar-refractivity contribution in [3.8, 4) is 5.69 Å². The van der Waals surface area contributed by atoms with Crippen molar-refractivity contribution in [1.29, 1.82) is 0 Å². The summed E-state index contributed by atoms with van der Waals surface area (Å²) < 4.78 is 2.65. The predicted octanol–water partition coefficient (Wildman–Crippen LogP) is 3.99. The Labute approximate surface area is 159 Å². The van der Waals surface area contributed by atoms with Crippen molar-refractivity contribution in [3.05, 3.63) is 70.0 Å². The van der Waals surface area contributed by atoms with E-state index in [-0.39, 0.29) is 5.91 Å². The van der Waals surface area contributed by atoms with E-state index >= 15 is 0 Å². The lowest BCUT2D eigenvalue weighted by atomic mass is 10.2. The molecule has 0 saturated heterocycles. The summed E-state index contributed by atoms with van der Waals surface area (Å²) in [4.78, 5) is 13.6. The fourth-order valence-electron chi connectivity index (χ4n) is 2.38. The second-order valence-corrected chi connectivity index (χ2v) is 7.24. The summed E-state index contributed by atoms with van der Waals surface area (Å²) in [5, 5.41) is 11.0. The number of rotatable bonds is 5. The first-order valence-corrected chi connectivity index (χ1v) is 9.69. The van der Waals surface area contributed by atoms with Crippen molar-refractivity contribution in [1.82, 2.24) is 20.3 Å². The van der Waals surface area contributed by atoms with Crippen LogP contribution in [0.5, 0.6) is 0 Å². The quantitative estimate of drug-likeness (QED) is 0.638. The zero-order chi connectivity index (χ0) is 17.8. The lowest BCUT2D eigenvalue weighted by Gasteiger charge is -2.06. The molecule has 5 nitrogen and oxygen atoms in total. The molecule has 0 fully saturated rings. The van der Waals surface area contributed by atoms with Crippen LogP contribution in [0.15, 0.2) is 57.9 Å². The molecule has 0 atom stereocenters. The Balaban J connectivity index is 1.71. The second kappa shape index (κ2) is 7.84. The molecule has 3 aromatic rings. The first-order chi connectivity index (χ1) is 12.1. The van der Waals surface area contributed by atoms with E-state index in [0.717, 1.165) is 15.7 Å². The van der Waals surface area contributed by atoms with E-state index in [1.807, 2.05) is 61.7 Å². The summed E-state index contributed by atoms with van der Waals surface area (Å²) in [7, 11) is 0. The standard InChI is InChI=1S/C18H17BrN4OS/c1-12-17(21-22-23(12)15-7-5-14(19)6-8-15)18(24)20-11-13-3-9-16(25-2)10-4-13/h3-10H,11H2,1-2H3,(H,20,24). The normalized spacial score (nSPS) is 10.7. The molecule has 25 heavy (non-hydrogen) atoms. The largest absolute Gasteiger partial charge is 0.347 e. The van der Waals surface area contributed by atoms with Crippen molar-refractivity contribution in [3.63, 3.8) is 0 Å². The molecule has 1 N–H and O–H groups in total. The van der Waals surface area contributed by atoms with Gasteiger partial charge in [0, 0.05) is 15.9 Å². The molecule has 2 aromatic carbocycles. The molecule has 0 unspecified atom stereocenters. The molecule has 7 heteroatoms. The highest BCUT2D eigenvalue weighted by Gasteiger charge is 2.17. The van der Waals surface area contributed by atoms with Crippen LogP contribution >= 0.6 is 27.7 Å². The van der Waals surface area contributed by atoms with Crippen molar-refractivity contribution in [2.24, 2.45) is 0 Å². The van der Waals surface area contributed by atoms with Crippen LogP contribution in [0.25, 0.3) is 5.69 Å². The van der Waals surface area contributed by atoms with Gasteiger partial charge in [-0.05, 0) is 55.1 Å². The Morgan fingerprint density at radius 3 is 2.48 bits per heavy atom. The number of hydrogen-bond donors (Lipinski definition) is 1. The van der Waals surface area contributed by atoms with Gasteiger partial charge in [-0.3, -0.25) is 4.79 Å². The Bertz CT molecular complexity index is 875. The van der Waals surface area contributed by atoms with Crippen LogP contribution < -0.4 is 5.32 Å². The van der Waals surface area contributed by atoms with Crippen molar-refractivity contribution in [2.45, 2.75) is 18.4 Å². The number of nitrogens with zero attached hydrogens (tertiary/aromatic N) is 3. The third-order valence-electron chi connectivity index (χ3n) is 3.79. The highest BCUT2D eigenvalue weighted by molar-refractivity contribution is 9.10. The first kappa shape index (κ1) is 17.7. The summed E-state index contributed by atoms with van der Waals surface area (Å²) in [6.07, 6.45) is 2.04. The molecule has 0 aliphatic heterocycles. The maximum Gasteiger partial charge on any atom is 0.274 e. The zero-order valence-corrected chi connectivity index (χ0v) is 16.3. The van der Waals surface area contributed by atoms with E-state index < -0.39 is 0 Å². The minimum Gasteiger partial charge on any atom is -0.347 e. The smallest absolute Gasteiger partial charge is 0.274 e. The number of nitrogens with one attached hydrogen (secondary N) is 1. The fraction of sp³-hybridized carbons (Fsp3) is 0.167. The lowest BCUT2D eigenvalue weighted by Crippen LogP contribution is -2.24. The van der Waals surface area contributed by atoms with Crippen LogP contribution in [-0.2, 0) is 6.54 Å². The highest BCUT2D eigenvalue weighted by atomic mass is 79.9. The molecule has 0 aliphatic rings. The summed E-state index contributed by atoms with van der Waals surface area (Å²) in [6.45, 7) is 2.29. The van der Waals surface area contributed by atoms with Crippen molar-refractivity contribution in [2.75, 3.05) is 6.26 Å². The molecule has 0 bridgehead atoms. The maximum absolute atomic E-state index is 12.4. The monoisotopic (exact) mass is 416 g/mol. The number of thioether (sulfide) groups is 1. The van der Waals surface area contributed by atoms with E-state index in [9.17, 15) is 4.79 Å². The molecule has 0 radical (unpaired) electrons. The van der Waals surface area contributed by atoms with Gasteiger partial charge in [-0.2, -0.15) is 0 Å². The van der Waals surface area contributed by atoms with E-state index in [2.05, 4.69) is 31.6 Å². The zero-order valence-electron chi connectivity index (χ0n) is 13.9. The predicted molar refractivity (Wildman–Crippen MR) is 103 cm³/mol. The summed E-state index contributed by atoms with van der Waals surface area (Å²) in [6, 6.07) is 15.8. The van der Waals surface area contributed by atoms with Gasteiger partial charge in [0.05, 0.1) is 11.4 Å². The van der Waals surface area contributed by atoms with Crippen LogP contribution in [0.4, 0.5) is 0 Å². The number of benzene rings is 2. The fourth-order valence-corrected chi connectivity index (χ4v) is 3.05. The Morgan fingerprint density at radius 2 is 1.84 bits per heavy atom. The molecule has 1 aromatic heterocycles. The number of carbonyl (C=O) groups is 1. The van der Waals surface area contributed by atoms with E-state index in [0.29, 0.717) is 17.9 Å². The molecule has 0 aliphatic carbocycles. The number of aromatic nitrogens is 3. The van der Waals surface area contributed by atoms with E-state index in [1.165, 1.54) is 4.90 Å². The Hall–Kier alpha value is -2.12. The highest BCUT2D eigenvalue weighted by Crippen LogP contribution is 2.17. The number of amides is 1. The van der Waals surface area contributed by atoms with Crippen LogP contribution in [0.2, 0.25) is 0 Å². The van der Waals surface area contributed by atoms with Crippen LogP contribution in [0.1, 0.15) is 21.7 Å². The van der Waals surface area contributed by atoms with Gasteiger partial charge in [0.2, 0.25) is 0 Å². The second-order valence-electron chi connectivity index (χ2n) is 5.44. The third-order valence-corrected chi connectivity index (χ3v) is 5.07. The minimum absolute atomic E-state index is 0.227. The van der Waals surface area contributed by atoms with Crippen molar-refractivity contribution < 1.29 is 4.79 Å². The van der Waals surface area contributed by atoms with E-state index in [1.54, 1.807) is 16.4 Å². The van der Waals surface area contributed by atoms with Crippen LogP contribution in [-0.4, -0.2) is 27.2 Å².